The van der Waals surface area contributed by atoms with Gasteiger partial charge in [0.2, 0.25) is 5.89 Å². The van der Waals surface area contributed by atoms with E-state index in [2.05, 4.69) is 11.9 Å². The number of thioether (sulfide) groups is 1. The molecule has 2 rings (SSSR count). The van der Waals surface area contributed by atoms with Gasteiger partial charge in [0.1, 0.15) is 5.76 Å². The second kappa shape index (κ2) is 4.18. The first kappa shape index (κ1) is 11.0. The van der Waals surface area contributed by atoms with Crippen molar-refractivity contribution in [2.75, 3.05) is 11.5 Å². The number of nitrogens with two attached hydrogens (primary N) is 1. The zero-order valence-corrected chi connectivity index (χ0v) is 10.2. The fourth-order valence-corrected chi connectivity index (χ4v) is 3.31. The van der Waals surface area contributed by atoms with Crippen LogP contribution in [0.2, 0.25) is 0 Å². The highest BCUT2D eigenvalue weighted by Gasteiger charge is 2.34. The highest BCUT2D eigenvalue weighted by atomic mass is 32.2. The van der Waals surface area contributed by atoms with Crippen LogP contribution in [0.15, 0.2) is 4.42 Å². The lowest BCUT2D eigenvalue weighted by Gasteiger charge is -2.29. The van der Waals surface area contributed by atoms with Crippen LogP contribution in [0.5, 0.6) is 0 Å². The van der Waals surface area contributed by atoms with Gasteiger partial charge in [-0.25, -0.2) is 4.98 Å². The van der Waals surface area contributed by atoms with Gasteiger partial charge in [-0.05, 0) is 31.3 Å². The molecule has 3 nitrogen and oxygen atoms in total. The second-order valence-corrected chi connectivity index (χ2v) is 5.63. The predicted molar refractivity (Wildman–Crippen MR) is 63.0 cm³/mol. The third-order valence-corrected chi connectivity index (χ3v) is 4.18. The lowest BCUT2D eigenvalue weighted by molar-refractivity contribution is 0.313. The summed E-state index contributed by atoms with van der Waals surface area (Å²) in [5.41, 5.74) is 6.68. The minimum absolute atomic E-state index is 0.128. The Bertz CT molecular complexity index is 342. The van der Waals surface area contributed by atoms with Crippen molar-refractivity contribution in [2.45, 2.75) is 38.6 Å². The molecule has 0 radical (unpaired) electrons. The zero-order chi connectivity index (χ0) is 10.9. The quantitative estimate of drug-likeness (QED) is 0.840. The Hall–Kier alpha value is -0.480. The van der Waals surface area contributed by atoms with Gasteiger partial charge in [-0.3, -0.25) is 0 Å². The first-order valence-corrected chi connectivity index (χ1v) is 6.56. The molecule has 4 heteroatoms. The lowest BCUT2D eigenvalue weighted by atomic mass is 9.84. The predicted octanol–water partition coefficient (Wildman–Crippen LogP) is 2.23. The van der Waals surface area contributed by atoms with Crippen LogP contribution in [0, 0.1) is 6.92 Å². The maximum atomic E-state index is 5.76. The minimum atomic E-state index is 0.128. The van der Waals surface area contributed by atoms with Gasteiger partial charge in [0, 0.05) is 5.41 Å². The molecule has 0 aliphatic carbocycles. The number of nitrogens with zero attached hydrogens (tertiary/aromatic N) is 1. The van der Waals surface area contributed by atoms with Crippen molar-refractivity contribution >= 4 is 11.8 Å². The van der Waals surface area contributed by atoms with Crippen LogP contribution in [0.4, 0.5) is 0 Å². The highest BCUT2D eigenvalue weighted by molar-refractivity contribution is 7.99. The average Bonchev–Trinajstić information content (AvgIpc) is 2.61. The van der Waals surface area contributed by atoms with Crippen LogP contribution in [0.25, 0.3) is 0 Å². The van der Waals surface area contributed by atoms with Crippen molar-refractivity contribution in [1.82, 2.24) is 4.98 Å². The Morgan fingerprint density at radius 3 is 2.67 bits per heavy atom. The number of aromatic nitrogens is 1. The zero-order valence-electron chi connectivity index (χ0n) is 9.38. The SMILES string of the molecule is Cc1nc(C2(C)CCSCC2)oc1CN. The Balaban J connectivity index is 2.27. The molecule has 1 fully saturated rings. The van der Waals surface area contributed by atoms with Crippen molar-refractivity contribution in [3.05, 3.63) is 17.3 Å². The molecule has 1 saturated heterocycles. The molecule has 0 saturated carbocycles. The maximum absolute atomic E-state index is 5.76. The van der Waals surface area contributed by atoms with Crippen molar-refractivity contribution in [1.29, 1.82) is 0 Å². The summed E-state index contributed by atoms with van der Waals surface area (Å²) in [7, 11) is 0. The number of aryl methyl sites for hydroxylation is 1. The second-order valence-electron chi connectivity index (χ2n) is 4.40. The first-order chi connectivity index (χ1) is 7.15. The van der Waals surface area contributed by atoms with Crippen LogP contribution in [0.1, 0.15) is 37.1 Å². The van der Waals surface area contributed by atoms with E-state index in [4.69, 9.17) is 10.2 Å². The van der Waals surface area contributed by atoms with Crippen molar-refractivity contribution in [3.63, 3.8) is 0 Å². The van der Waals surface area contributed by atoms with Gasteiger partial charge in [-0.2, -0.15) is 11.8 Å². The van der Waals surface area contributed by atoms with E-state index in [1.165, 1.54) is 11.5 Å². The smallest absolute Gasteiger partial charge is 0.200 e. The van der Waals surface area contributed by atoms with E-state index >= 15 is 0 Å². The van der Waals surface area contributed by atoms with Crippen molar-refractivity contribution in [3.8, 4) is 0 Å². The molecule has 1 aliphatic rings. The molecular weight excluding hydrogens is 208 g/mol. The first-order valence-electron chi connectivity index (χ1n) is 5.40. The van der Waals surface area contributed by atoms with Crippen LogP contribution in [-0.4, -0.2) is 16.5 Å². The number of rotatable bonds is 2. The van der Waals surface area contributed by atoms with Gasteiger partial charge >= 0.3 is 0 Å². The topological polar surface area (TPSA) is 52.0 Å². The molecule has 15 heavy (non-hydrogen) atoms. The standard InChI is InChI=1S/C11H18N2OS/c1-8-9(7-12)14-10(13-8)11(2)3-5-15-6-4-11/h3-7,12H2,1-2H3. The van der Waals surface area contributed by atoms with E-state index in [0.717, 1.165) is 30.2 Å². The van der Waals surface area contributed by atoms with E-state index in [1.54, 1.807) is 0 Å². The lowest BCUT2D eigenvalue weighted by Crippen LogP contribution is -2.27. The largest absolute Gasteiger partial charge is 0.443 e. The minimum Gasteiger partial charge on any atom is -0.443 e. The van der Waals surface area contributed by atoms with Crippen LogP contribution >= 0.6 is 11.8 Å². The van der Waals surface area contributed by atoms with Crippen molar-refractivity contribution in [2.24, 2.45) is 5.73 Å². The normalized spacial score (nSPS) is 20.5. The maximum Gasteiger partial charge on any atom is 0.200 e. The number of hydrogen-bond donors (Lipinski definition) is 1. The van der Waals surface area contributed by atoms with E-state index in [0.29, 0.717) is 6.54 Å². The summed E-state index contributed by atoms with van der Waals surface area (Å²) in [6.07, 6.45) is 2.31. The third kappa shape index (κ3) is 2.06. The van der Waals surface area contributed by atoms with Crippen LogP contribution < -0.4 is 5.73 Å². The molecule has 2 heterocycles. The van der Waals surface area contributed by atoms with Gasteiger partial charge < -0.3 is 10.2 Å². The summed E-state index contributed by atoms with van der Waals surface area (Å²) in [5, 5.41) is 0. The fraction of sp³-hybridized carbons (Fsp3) is 0.727. The Morgan fingerprint density at radius 2 is 2.13 bits per heavy atom. The van der Waals surface area contributed by atoms with Gasteiger partial charge in [-0.1, -0.05) is 6.92 Å². The molecule has 0 amide bonds. The third-order valence-electron chi connectivity index (χ3n) is 3.19. The highest BCUT2D eigenvalue weighted by Crippen LogP contribution is 2.37. The van der Waals surface area contributed by atoms with Gasteiger partial charge in [0.15, 0.2) is 0 Å². The summed E-state index contributed by atoms with van der Waals surface area (Å²) in [6, 6.07) is 0. The number of oxazole rings is 1. The summed E-state index contributed by atoms with van der Waals surface area (Å²) < 4.78 is 5.76. The van der Waals surface area contributed by atoms with E-state index in [1.807, 2.05) is 18.7 Å². The molecule has 1 aliphatic heterocycles. The molecule has 2 N–H and O–H groups in total. The number of hydrogen-bond acceptors (Lipinski definition) is 4. The Labute approximate surface area is 94.8 Å². The van der Waals surface area contributed by atoms with E-state index in [-0.39, 0.29) is 5.41 Å². The molecule has 1 aromatic heterocycles. The van der Waals surface area contributed by atoms with E-state index < -0.39 is 0 Å². The van der Waals surface area contributed by atoms with Crippen molar-refractivity contribution < 1.29 is 4.42 Å². The monoisotopic (exact) mass is 226 g/mol. The average molecular weight is 226 g/mol. The summed E-state index contributed by atoms with van der Waals surface area (Å²) in [4.78, 5) is 4.52. The Morgan fingerprint density at radius 1 is 1.47 bits per heavy atom. The fourth-order valence-electron chi connectivity index (χ4n) is 1.91. The molecule has 0 atom stereocenters. The van der Waals surface area contributed by atoms with Crippen LogP contribution in [0.3, 0.4) is 0 Å². The van der Waals surface area contributed by atoms with E-state index in [9.17, 15) is 0 Å². The molecule has 0 spiro atoms. The van der Waals surface area contributed by atoms with Gasteiger partial charge in [-0.15, -0.1) is 0 Å². The molecule has 0 bridgehead atoms. The van der Waals surface area contributed by atoms with Gasteiger partial charge in [0.05, 0.1) is 12.2 Å². The Kier molecular flexibility index (Phi) is 3.07. The summed E-state index contributed by atoms with van der Waals surface area (Å²) >= 11 is 2.01. The van der Waals surface area contributed by atoms with Crippen LogP contribution in [-0.2, 0) is 12.0 Å². The molecule has 0 unspecified atom stereocenters. The molecule has 0 aromatic carbocycles. The molecule has 84 valence electrons. The van der Waals surface area contributed by atoms with Gasteiger partial charge in [0.25, 0.3) is 0 Å². The summed E-state index contributed by atoms with van der Waals surface area (Å²) in [5.74, 6) is 4.14. The summed E-state index contributed by atoms with van der Waals surface area (Å²) in [6.45, 7) is 4.66. The molecular formula is C11H18N2OS. The molecule has 1 aromatic rings.